The first-order valence-corrected chi connectivity index (χ1v) is 6.60. The molecule has 0 aromatic heterocycles. The number of carbonyl (C=O) groups is 2. The van der Waals surface area contributed by atoms with E-state index < -0.39 is 18.4 Å². The molecule has 100 valence electrons. The van der Waals surface area contributed by atoms with E-state index in [1.807, 2.05) is 12.3 Å². The highest BCUT2D eigenvalue weighted by atomic mass is 32.2. The van der Waals surface area contributed by atoms with Crippen molar-refractivity contribution in [2.24, 2.45) is 0 Å². The zero-order valence-electron chi connectivity index (χ0n) is 10.3. The summed E-state index contributed by atoms with van der Waals surface area (Å²) in [5.74, 6) is -1.55. The van der Waals surface area contributed by atoms with Crippen LogP contribution in [0.1, 0.15) is 5.56 Å². The first-order valence-electron chi connectivity index (χ1n) is 5.38. The van der Waals surface area contributed by atoms with Crippen LogP contribution in [0.3, 0.4) is 0 Å². The second kappa shape index (κ2) is 7.28. The molecule has 3 N–H and O–H groups in total. The monoisotopic (exact) mass is 279 g/mol. The Morgan fingerprint density at radius 1 is 1.42 bits per heavy atom. The largest absolute Gasteiger partial charge is 0.480 e. The summed E-state index contributed by atoms with van der Waals surface area (Å²) in [4.78, 5) is 22.4. The maximum atomic E-state index is 11.3. The molecule has 0 unspecified atom stereocenters. The van der Waals surface area contributed by atoms with Gasteiger partial charge in [-0.2, -0.15) is 5.26 Å². The number of carboxylic acids is 1. The Balaban J connectivity index is 2.66. The summed E-state index contributed by atoms with van der Waals surface area (Å²) in [7, 11) is 0. The van der Waals surface area contributed by atoms with Crippen molar-refractivity contribution < 1.29 is 14.7 Å². The van der Waals surface area contributed by atoms with Crippen LogP contribution in [0.15, 0.2) is 23.1 Å². The number of rotatable bonds is 6. The van der Waals surface area contributed by atoms with Gasteiger partial charge in [0.05, 0.1) is 17.8 Å². The van der Waals surface area contributed by atoms with Crippen LogP contribution in [0.5, 0.6) is 0 Å². The molecule has 0 aliphatic rings. The van der Waals surface area contributed by atoms with Gasteiger partial charge in [0, 0.05) is 4.90 Å². The maximum Gasteiger partial charge on any atom is 0.322 e. The predicted molar refractivity (Wildman–Crippen MR) is 72.1 cm³/mol. The number of anilines is 1. The fourth-order valence-electron chi connectivity index (χ4n) is 1.38. The molecule has 0 atom stereocenters. The Labute approximate surface area is 114 Å². The van der Waals surface area contributed by atoms with Gasteiger partial charge in [-0.3, -0.25) is 9.59 Å². The van der Waals surface area contributed by atoms with Crippen molar-refractivity contribution in [2.75, 3.05) is 24.7 Å². The minimum Gasteiger partial charge on any atom is -0.480 e. The number of carbonyl (C=O) groups excluding carboxylic acids is 1. The summed E-state index contributed by atoms with van der Waals surface area (Å²) in [6.07, 6.45) is 1.86. The fourth-order valence-corrected chi connectivity index (χ4v) is 1.95. The lowest BCUT2D eigenvalue weighted by Gasteiger charge is -2.10. The molecule has 6 nitrogen and oxygen atoms in total. The summed E-state index contributed by atoms with van der Waals surface area (Å²) in [6.45, 7) is -0.504. The molecule has 1 amide bonds. The molecule has 1 aromatic carbocycles. The zero-order chi connectivity index (χ0) is 14.3. The van der Waals surface area contributed by atoms with Gasteiger partial charge >= 0.3 is 5.97 Å². The van der Waals surface area contributed by atoms with Crippen molar-refractivity contribution in [3.05, 3.63) is 23.8 Å². The number of hydrogen-bond acceptors (Lipinski definition) is 5. The first kappa shape index (κ1) is 14.9. The third kappa shape index (κ3) is 4.52. The van der Waals surface area contributed by atoms with Crippen molar-refractivity contribution in [3.63, 3.8) is 0 Å². The summed E-state index contributed by atoms with van der Waals surface area (Å²) in [5, 5.41) is 22.6. The van der Waals surface area contributed by atoms with Gasteiger partial charge < -0.3 is 15.7 Å². The Bertz CT molecular complexity index is 525. The topological polar surface area (TPSA) is 102 Å². The zero-order valence-corrected chi connectivity index (χ0v) is 11.1. The predicted octanol–water partition coefficient (Wildman–Crippen LogP) is 0.893. The van der Waals surface area contributed by atoms with Gasteiger partial charge in [0.1, 0.15) is 12.6 Å². The molecule has 19 heavy (non-hydrogen) atoms. The van der Waals surface area contributed by atoms with Crippen molar-refractivity contribution in [2.45, 2.75) is 4.90 Å². The minimum absolute atomic E-state index is 0.0835. The number of aliphatic carboxylic acids is 1. The third-order valence-electron chi connectivity index (χ3n) is 2.23. The first-order chi connectivity index (χ1) is 9.08. The van der Waals surface area contributed by atoms with E-state index in [0.29, 0.717) is 11.3 Å². The Morgan fingerprint density at radius 2 is 2.16 bits per heavy atom. The average Bonchev–Trinajstić information content (AvgIpc) is 2.42. The van der Waals surface area contributed by atoms with E-state index in [0.717, 1.165) is 4.90 Å². The second-order valence-corrected chi connectivity index (χ2v) is 4.37. The molecule has 0 bridgehead atoms. The van der Waals surface area contributed by atoms with Crippen LogP contribution < -0.4 is 10.6 Å². The SMILES string of the molecule is CSc1cccc(NCC(=O)NCC(=O)O)c1C#N. The van der Waals surface area contributed by atoms with Crippen molar-refractivity contribution in [1.82, 2.24) is 5.32 Å². The highest BCUT2D eigenvalue weighted by molar-refractivity contribution is 7.98. The van der Waals surface area contributed by atoms with E-state index in [1.165, 1.54) is 11.8 Å². The quantitative estimate of drug-likeness (QED) is 0.668. The van der Waals surface area contributed by atoms with Gasteiger partial charge in [-0.05, 0) is 18.4 Å². The molecule has 0 saturated carbocycles. The molecule has 1 rings (SSSR count). The lowest BCUT2D eigenvalue weighted by molar-refractivity contribution is -0.137. The van der Waals surface area contributed by atoms with Crippen LogP contribution in [0.4, 0.5) is 5.69 Å². The lowest BCUT2D eigenvalue weighted by Crippen LogP contribution is -2.33. The number of nitriles is 1. The van der Waals surface area contributed by atoms with Crippen LogP contribution in [-0.2, 0) is 9.59 Å². The molecule has 0 saturated heterocycles. The molecule has 0 heterocycles. The molecule has 7 heteroatoms. The average molecular weight is 279 g/mol. The molecule has 0 radical (unpaired) electrons. The summed E-state index contributed by atoms with van der Waals surface area (Å²) >= 11 is 1.44. The summed E-state index contributed by atoms with van der Waals surface area (Å²) < 4.78 is 0. The number of nitrogens with zero attached hydrogens (tertiary/aromatic N) is 1. The number of thioether (sulfide) groups is 1. The summed E-state index contributed by atoms with van der Waals surface area (Å²) in [6, 6.07) is 7.38. The van der Waals surface area contributed by atoms with Crippen LogP contribution in [0, 0.1) is 11.3 Å². The molecule has 0 aliphatic carbocycles. The van der Waals surface area contributed by atoms with E-state index in [4.69, 9.17) is 10.4 Å². The molecule has 0 fully saturated rings. The van der Waals surface area contributed by atoms with Crippen LogP contribution in [0.25, 0.3) is 0 Å². The second-order valence-electron chi connectivity index (χ2n) is 3.52. The van der Waals surface area contributed by atoms with Crippen LogP contribution in [0.2, 0.25) is 0 Å². The normalized spacial score (nSPS) is 9.47. The Morgan fingerprint density at radius 3 is 2.74 bits per heavy atom. The van der Waals surface area contributed by atoms with Crippen molar-refractivity contribution in [1.29, 1.82) is 5.26 Å². The molecule has 0 aliphatic heterocycles. The van der Waals surface area contributed by atoms with Gasteiger partial charge in [0.2, 0.25) is 5.91 Å². The molecule has 0 spiro atoms. The van der Waals surface area contributed by atoms with Crippen LogP contribution in [-0.4, -0.2) is 36.3 Å². The molecule has 1 aromatic rings. The Hall–Kier alpha value is -2.20. The standard InChI is InChI=1S/C12H13N3O3S/c1-19-10-4-2-3-9(8(10)5-13)14-6-11(16)15-7-12(17)18/h2-4,14H,6-7H2,1H3,(H,15,16)(H,17,18). The summed E-state index contributed by atoms with van der Waals surface area (Å²) in [5.41, 5.74) is 1.03. The minimum atomic E-state index is -1.10. The smallest absolute Gasteiger partial charge is 0.322 e. The van der Waals surface area contributed by atoms with Crippen molar-refractivity contribution in [3.8, 4) is 6.07 Å². The van der Waals surface area contributed by atoms with Gasteiger partial charge in [0.15, 0.2) is 0 Å². The Kier molecular flexibility index (Phi) is 5.70. The maximum absolute atomic E-state index is 11.3. The highest BCUT2D eigenvalue weighted by Gasteiger charge is 2.09. The molecular formula is C12H13N3O3S. The van der Waals surface area contributed by atoms with Gasteiger partial charge in [-0.1, -0.05) is 6.07 Å². The molecular weight excluding hydrogens is 266 g/mol. The number of nitrogens with one attached hydrogen (secondary N) is 2. The van der Waals surface area contributed by atoms with Gasteiger partial charge in [0.25, 0.3) is 0 Å². The van der Waals surface area contributed by atoms with E-state index in [-0.39, 0.29) is 6.54 Å². The van der Waals surface area contributed by atoms with Crippen LogP contribution >= 0.6 is 11.8 Å². The number of benzene rings is 1. The van der Waals surface area contributed by atoms with E-state index in [9.17, 15) is 9.59 Å². The lowest BCUT2D eigenvalue weighted by atomic mass is 10.2. The number of carboxylic acid groups (broad SMARTS) is 1. The van der Waals surface area contributed by atoms with Gasteiger partial charge in [-0.15, -0.1) is 11.8 Å². The van der Waals surface area contributed by atoms with E-state index in [1.54, 1.807) is 12.1 Å². The van der Waals surface area contributed by atoms with E-state index in [2.05, 4.69) is 16.7 Å². The fraction of sp³-hybridized carbons (Fsp3) is 0.250. The number of hydrogen-bond donors (Lipinski definition) is 3. The van der Waals surface area contributed by atoms with Gasteiger partial charge in [-0.25, -0.2) is 0 Å². The highest BCUT2D eigenvalue weighted by Crippen LogP contribution is 2.25. The number of amides is 1. The van der Waals surface area contributed by atoms with E-state index >= 15 is 0 Å². The van der Waals surface area contributed by atoms with Crippen molar-refractivity contribution >= 4 is 29.3 Å². The third-order valence-corrected chi connectivity index (χ3v) is 3.01.